The summed E-state index contributed by atoms with van der Waals surface area (Å²) in [5.41, 5.74) is 0. The number of alkyl halides is 1. The Morgan fingerprint density at radius 2 is 2.11 bits per heavy atom. The lowest BCUT2D eigenvalue weighted by atomic mass is 10.2. The first-order valence-electron chi connectivity index (χ1n) is 6.00. The van der Waals surface area contributed by atoms with Crippen LogP contribution in [0.4, 0.5) is 0 Å². The molecule has 0 aliphatic heterocycles. The summed E-state index contributed by atoms with van der Waals surface area (Å²) in [6.07, 6.45) is 0.927. The Hall–Kier alpha value is -0.870. The van der Waals surface area contributed by atoms with Crippen LogP contribution in [0.1, 0.15) is 29.9 Å². The van der Waals surface area contributed by atoms with Crippen LogP contribution in [0.5, 0.6) is 0 Å². The fourth-order valence-electron chi connectivity index (χ4n) is 1.93. The van der Waals surface area contributed by atoms with Gasteiger partial charge in [-0.05, 0) is 30.9 Å². The maximum Gasteiger partial charge on any atom is 0.261 e. The van der Waals surface area contributed by atoms with Crippen LogP contribution in [0.3, 0.4) is 0 Å². The Bertz CT molecular complexity index is 516. The van der Waals surface area contributed by atoms with Crippen LogP contribution >= 0.6 is 27.3 Å². The molecule has 0 spiro atoms. The summed E-state index contributed by atoms with van der Waals surface area (Å²) >= 11 is 5.04. The van der Waals surface area contributed by atoms with Gasteiger partial charge in [0, 0.05) is 15.6 Å². The van der Waals surface area contributed by atoms with Crippen molar-refractivity contribution < 1.29 is 4.79 Å². The topological polar surface area (TPSA) is 29.1 Å². The zero-order valence-electron chi connectivity index (χ0n) is 10.4. The lowest BCUT2D eigenvalue weighted by Gasteiger charge is -2.14. The number of rotatable bonds is 4. The van der Waals surface area contributed by atoms with Crippen LogP contribution in [0.2, 0.25) is 0 Å². The number of amides is 1. The van der Waals surface area contributed by atoms with Gasteiger partial charge in [-0.3, -0.25) is 4.79 Å². The second kappa shape index (κ2) is 5.85. The van der Waals surface area contributed by atoms with Crippen molar-refractivity contribution in [2.24, 2.45) is 0 Å². The summed E-state index contributed by atoms with van der Waals surface area (Å²) in [6.45, 7) is 4.12. The van der Waals surface area contributed by atoms with Gasteiger partial charge in [-0.1, -0.05) is 41.1 Å². The average molecular weight is 326 g/mol. The van der Waals surface area contributed by atoms with E-state index in [4.69, 9.17) is 0 Å². The predicted molar refractivity (Wildman–Crippen MR) is 81.8 cm³/mol. The van der Waals surface area contributed by atoms with Gasteiger partial charge in [0.2, 0.25) is 0 Å². The van der Waals surface area contributed by atoms with E-state index in [1.807, 2.05) is 37.3 Å². The summed E-state index contributed by atoms with van der Waals surface area (Å²) in [6, 6.07) is 10.2. The molecule has 0 radical (unpaired) electrons. The average Bonchev–Trinajstić information content (AvgIpc) is 2.71. The van der Waals surface area contributed by atoms with Gasteiger partial charge in [-0.25, -0.2) is 0 Å². The number of fused-ring (bicyclic) bond motifs is 1. The molecule has 1 aromatic carbocycles. The van der Waals surface area contributed by atoms with Crippen molar-refractivity contribution in [1.82, 2.24) is 5.32 Å². The van der Waals surface area contributed by atoms with Crippen molar-refractivity contribution >= 4 is 43.3 Å². The molecule has 2 unspecified atom stereocenters. The second-order valence-electron chi connectivity index (χ2n) is 4.54. The standard InChI is InChI=1S/C14H16BrNOS/c1-9(15)7-10(2)16-14(17)13-8-11-5-3-4-6-12(11)18-13/h3-6,8-10H,7H2,1-2H3,(H,16,17). The van der Waals surface area contributed by atoms with Crippen LogP contribution in [0, 0.1) is 0 Å². The number of hydrogen-bond acceptors (Lipinski definition) is 2. The molecule has 1 N–H and O–H groups in total. The van der Waals surface area contributed by atoms with Gasteiger partial charge in [-0.15, -0.1) is 11.3 Å². The number of hydrogen-bond donors (Lipinski definition) is 1. The highest BCUT2D eigenvalue weighted by atomic mass is 79.9. The third-order valence-electron chi connectivity index (χ3n) is 2.71. The van der Waals surface area contributed by atoms with Crippen molar-refractivity contribution in [3.05, 3.63) is 35.2 Å². The van der Waals surface area contributed by atoms with E-state index >= 15 is 0 Å². The molecule has 2 aromatic rings. The van der Waals surface area contributed by atoms with Gasteiger partial charge < -0.3 is 5.32 Å². The Balaban J connectivity index is 2.09. The van der Waals surface area contributed by atoms with E-state index in [1.54, 1.807) is 11.3 Å². The van der Waals surface area contributed by atoms with Gasteiger partial charge in [0.25, 0.3) is 5.91 Å². The van der Waals surface area contributed by atoms with E-state index in [9.17, 15) is 4.79 Å². The molecule has 1 aromatic heterocycles. The molecule has 18 heavy (non-hydrogen) atoms. The molecule has 2 atom stereocenters. The van der Waals surface area contributed by atoms with Gasteiger partial charge in [0.15, 0.2) is 0 Å². The normalized spacial score (nSPS) is 14.4. The molecule has 0 aliphatic carbocycles. The maximum atomic E-state index is 12.1. The molecule has 2 nitrogen and oxygen atoms in total. The van der Waals surface area contributed by atoms with Gasteiger partial charge in [0.05, 0.1) is 4.88 Å². The largest absolute Gasteiger partial charge is 0.349 e. The summed E-state index contributed by atoms with van der Waals surface area (Å²) < 4.78 is 1.16. The highest BCUT2D eigenvalue weighted by Gasteiger charge is 2.13. The van der Waals surface area contributed by atoms with E-state index in [0.717, 1.165) is 21.4 Å². The number of thiophene rings is 1. The minimum atomic E-state index is 0.0249. The van der Waals surface area contributed by atoms with E-state index in [2.05, 4.69) is 28.2 Å². The van der Waals surface area contributed by atoms with E-state index in [0.29, 0.717) is 4.83 Å². The lowest BCUT2D eigenvalue weighted by molar-refractivity contribution is 0.0943. The molecule has 0 saturated carbocycles. The SMILES string of the molecule is CC(Br)CC(C)NC(=O)c1cc2ccccc2s1. The molecular weight excluding hydrogens is 310 g/mol. The number of carbonyl (C=O) groups is 1. The zero-order valence-corrected chi connectivity index (χ0v) is 12.8. The van der Waals surface area contributed by atoms with Crippen molar-refractivity contribution in [3.63, 3.8) is 0 Å². The van der Waals surface area contributed by atoms with E-state index in [-0.39, 0.29) is 11.9 Å². The zero-order chi connectivity index (χ0) is 13.1. The molecular formula is C14H16BrNOS. The number of halogens is 1. The molecule has 1 amide bonds. The Morgan fingerprint density at radius 1 is 1.39 bits per heavy atom. The minimum absolute atomic E-state index is 0.0249. The number of nitrogens with one attached hydrogen (secondary N) is 1. The highest BCUT2D eigenvalue weighted by molar-refractivity contribution is 9.09. The molecule has 2 rings (SSSR count). The number of benzene rings is 1. The van der Waals surface area contributed by atoms with Crippen LogP contribution in [0.25, 0.3) is 10.1 Å². The smallest absolute Gasteiger partial charge is 0.261 e. The van der Waals surface area contributed by atoms with Crippen molar-refractivity contribution in [2.75, 3.05) is 0 Å². The first kappa shape index (κ1) is 13.6. The van der Waals surface area contributed by atoms with Crippen molar-refractivity contribution in [2.45, 2.75) is 31.1 Å². The third-order valence-corrected chi connectivity index (χ3v) is 4.19. The quantitative estimate of drug-likeness (QED) is 0.839. The second-order valence-corrected chi connectivity index (χ2v) is 7.19. The third kappa shape index (κ3) is 3.33. The van der Waals surface area contributed by atoms with Gasteiger partial charge in [0.1, 0.15) is 0 Å². The number of carbonyl (C=O) groups excluding carboxylic acids is 1. The molecule has 1 heterocycles. The first-order chi connectivity index (χ1) is 8.56. The monoisotopic (exact) mass is 325 g/mol. The minimum Gasteiger partial charge on any atom is -0.349 e. The first-order valence-corrected chi connectivity index (χ1v) is 7.73. The molecule has 0 bridgehead atoms. The van der Waals surface area contributed by atoms with E-state index < -0.39 is 0 Å². The summed E-state index contributed by atoms with van der Waals surface area (Å²) in [5, 5.41) is 4.16. The summed E-state index contributed by atoms with van der Waals surface area (Å²) in [5.74, 6) is 0.0249. The van der Waals surface area contributed by atoms with Crippen molar-refractivity contribution in [1.29, 1.82) is 0 Å². The fourth-order valence-corrected chi connectivity index (χ4v) is 3.46. The van der Waals surface area contributed by atoms with Crippen molar-refractivity contribution in [3.8, 4) is 0 Å². The van der Waals surface area contributed by atoms with Gasteiger partial charge >= 0.3 is 0 Å². The Labute approximate surface area is 120 Å². The predicted octanol–water partition coefficient (Wildman–Crippen LogP) is 4.19. The highest BCUT2D eigenvalue weighted by Crippen LogP contribution is 2.25. The van der Waals surface area contributed by atoms with Gasteiger partial charge in [-0.2, -0.15) is 0 Å². The summed E-state index contributed by atoms with van der Waals surface area (Å²) in [7, 11) is 0. The van der Waals surface area contributed by atoms with Crippen LogP contribution < -0.4 is 5.32 Å². The van der Waals surface area contributed by atoms with Crippen LogP contribution in [-0.4, -0.2) is 16.8 Å². The fraction of sp³-hybridized carbons (Fsp3) is 0.357. The maximum absolute atomic E-state index is 12.1. The Kier molecular flexibility index (Phi) is 4.40. The summed E-state index contributed by atoms with van der Waals surface area (Å²) in [4.78, 5) is 13.3. The lowest BCUT2D eigenvalue weighted by Crippen LogP contribution is -2.33. The molecule has 0 aliphatic rings. The molecule has 0 saturated heterocycles. The van der Waals surface area contributed by atoms with E-state index in [1.165, 1.54) is 0 Å². The molecule has 4 heteroatoms. The van der Waals surface area contributed by atoms with Crippen LogP contribution in [-0.2, 0) is 0 Å². The Morgan fingerprint density at radius 3 is 2.78 bits per heavy atom. The molecule has 96 valence electrons. The van der Waals surface area contributed by atoms with Crippen LogP contribution in [0.15, 0.2) is 30.3 Å². The molecule has 0 fully saturated rings.